The quantitative estimate of drug-likeness (QED) is 0.696. The van der Waals surface area contributed by atoms with Crippen molar-refractivity contribution in [2.24, 2.45) is 5.92 Å². The van der Waals surface area contributed by atoms with E-state index in [2.05, 4.69) is 34.0 Å². The molecular weight excluding hydrogens is 230 g/mol. The van der Waals surface area contributed by atoms with Crippen LogP contribution in [0.15, 0.2) is 11.1 Å². The van der Waals surface area contributed by atoms with Crippen LogP contribution in [0.3, 0.4) is 0 Å². The number of nitrogens with zero attached hydrogens (tertiary/aromatic N) is 2. The molecule has 18 heavy (non-hydrogen) atoms. The predicted octanol–water partition coefficient (Wildman–Crippen LogP) is 0.740. The molecule has 0 fully saturated rings. The molecule has 0 saturated heterocycles. The van der Waals surface area contributed by atoms with E-state index in [4.69, 9.17) is 5.73 Å². The van der Waals surface area contributed by atoms with E-state index in [0.717, 1.165) is 13.0 Å². The van der Waals surface area contributed by atoms with Crippen molar-refractivity contribution in [3.63, 3.8) is 0 Å². The monoisotopic (exact) mass is 253 g/mol. The van der Waals surface area contributed by atoms with Gasteiger partial charge < -0.3 is 20.9 Å². The first-order valence-electron chi connectivity index (χ1n) is 6.14. The van der Waals surface area contributed by atoms with Crippen LogP contribution in [0.4, 0.5) is 11.5 Å². The van der Waals surface area contributed by atoms with E-state index in [0.29, 0.717) is 11.7 Å². The summed E-state index contributed by atoms with van der Waals surface area (Å²) in [5.41, 5.74) is 5.55. The molecule has 6 nitrogen and oxygen atoms in total. The van der Waals surface area contributed by atoms with Gasteiger partial charge in [0.25, 0.3) is 5.56 Å². The van der Waals surface area contributed by atoms with Gasteiger partial charge in [-0.25, -0.2) is 4.98 Å². The summed E-state index contributed by atoms with van der Waals surface area (Å²) in [5.74, 6) is 1.02. The van der Waals surface area contributed by atoms with Crippen molar-refractivity contribution in [1.29, 1.82) is 0 Å². The summed E-state index contributed by atoms with van der Waals surface area (Å²) in [5, 5.41) is 3.25. The summed E-state index contributed by atoms with van der Waals surface area (Å²) < 4.78 is 0. The number of hydrogen-bond acceptors (Lipinski definition) is 5. The Hall–Kier alpha value is -1.56. The van der Waals surface area contributed by atoms with E-state index in [9.17, 15) is 4.79 Å². The highest BCUT2D eigenvalue weighted by Crippen LogP contribution is 2.14. The van der Waals surface area contributed by atoms with E-state index in [1.54, 1.807) is 0 Å². The maximum atomic E-state index is 11.4. The van der Waals surface area contributed by atoms with Gasteiger partial charge in [0.2, 0.25) is 0 Å². The Labute approximate surface area is 108 Å². The van der Waals surface area contributed by atoms with Crippen LogP contribution in [-0.4, -0.2) is 41.5 Å². The fourth-order valence-corrected chi connectivity index (χ4v) is 1.91. The average molecular weight is 253 g/mol. The highest BCUT2D eigenvalue weighted by atomic mass is 16.1. The molecule has 4 N–H and O–H groups in total. The van der Waals surface area contributed by atoms with Crippen LogP contribution in [0.1, 0.15) is 20.3 Å². The standard InChI is InChI=1S/C12H23N5O/c1-8(2)5-9(6-17(3)4)16-11-10(13)12(18)15-7-14-11/h7-9H,5-6,13H2,1-4H3,(H2,14,15,16,18). The molecule has 0 aliphatic rings. The zero-order chi connectivity index (χ0) is 13.7. The molecule has 1 rings (SSSR count). The molecule has 0 aliphatic heterocycles. The average Bonchev–Trinajstić information content (AvgIpc) is 2.23. The highest BCUT2D eigenvalue weighted by molar-refractivity contribution is 5.59. The lowest BCUT2D eigenvalue weighted by atomic mass is 10.0. The minimum absolute atomic E-state index is 0.144. The maximum absolute atomic E-state index is 11.4. The van der Waals surface area contributed by atoms with Crippen molar-refractivity contribution in [1.82, 2.24) is 14.9 Å². The molecule has 0 radical (unpaired) electrons. The number of likely N-dealkylation sites (N-methyl/N-ethyl adjacent to an activating group) is 1. The number of aromatic amines is 1. The number of rotatable bonds is 6. The summed E-state index contributed by atoms with van der Waals surface area (Å²) in [6.07, 6.45) is 2.36. The Balaban J connectivity index is 2.81. The molecule has 1 heterocycles. The Kier molecular flexibility index (Phi) is 5.15. The van der Waals surface area contributed by atoms with Gasteiger partial charge in [-0.05, 0) is 26.4 Å². The second-order valence-electron chi connectivity index (χ2n) is 5.23. The van der Waals surface area contributed by atoms with Crippen LogP contribution in [0.2, 0.25) is 0 Å². The number of nitrogens with one attached hydrogen (secondary N) is 2. The lowest BCUT2D eigenvalue weighted by Gasteiger charge is -2.24. The minimum Gasteiger partial charge on any atom is -0.391 e. The number of aromatic nitrogens is 2. The zero-order valence-corrected chi connectivity index (χ0v) is 11.5. The molecule has 1 aromatic rings. The molecule has 0 bridgehead atoms. The van der Waals surface area contributed by atoms with Gasteiger partial charge in [0.05, 0.1) is 6.33 Å². The molecule has 0 amide bonds. The van der Waals surface area contributed by atoms with Gasteiger partial charge in [-0.1, -0.05) is 13.8 Å². The third-order valence-electron chi connectivity index (χ3n) is 2.57. The van der Waals surface area contributed by atoms with Crippen molar-refractivity contribution in [3.8, 4) is 0 Å². The van der Waals surface area contributed by atoms with Crippen molar-refractivity contribution in [3.05, 3.63) is 16.7 Å². The molecule has 1 aromatic heterocycles. The topological polar surface area (TPSA) is 87.0 Å². The molecule has 102 valence electrons. The van der Waals surface area contributed by atoms with Crippen LogP contribution >= 0.6 is 0 Å². The normalized spacial score (nSPS) is 13.0. The molecule has 0 spiro atoms. The van der Waals surface area contributed by atoms with E-state index in [1.165, 1.54) is 6.33 Å². The van der Waals surface area contributed by atoms with Gasteiger partial charge in [0, 0.05) is 12.6 Å². The first kappa shape index (κ1) is 14.5. The second-order valence-corrected chi connectivity index (χ2v) is 5.23. The third-order valence-corrected chi connectivity index (χ3v) is 2.57. The Bertz CT molecular complexity index is 417. The SMILES string of the molecule is CC(C)CC(CN(C)C)Nc1nc[nH]c(=O)c1N. The highest BCUT2D eigenvalue weighted by Gasteiger charge is 2.14. The number of nitrogens with two attached hydrogens (primary N) is 1. The molecule has 6 heteroatoms. The number of nitrogen functional groups attached to an aromatic ring is 1. The molecule has 1 atom stereocenters. The van der Waals surface area contributed by atoms with E-state index < -0.39 is 0 Å². The lowest BCUT2D eigenvalue weighted by molar-refractivity contribution is 0.356. The van der Waals surface area contributed by atoms with Crippen LogP contribution in [0.5, 0.6) is 0 Å². The van der Waals surface area contributed by atoms with Gasteiger partial charge in [0.15, 0.2) is 5.82 Å². The van der Waals surface area contributed by atoms with Crippen LogP contribution in [0, 0.1) is 5.92 Å². The van der Waals surface area contributed by atoms with Crippen molar-refractivity contribution in [2.45, 2.75) is 26.3 Å². The molecule has 0 aromatic carbocycles. The van der Waals surface area contributed by atoms with E-state index in [-0.39, 0.29) is 17.3 Å². The summed E-state index contributed by atoms with van der Waals surface area (Å²) in [6.45, 7) is 5.20. The van der Waals surface area contributed by atoms with Crippen LogP contribution < -0.4 is 16.6 Å². The first-order valence-corrected chi connectivity index (χ1v) is 6.14. The zero-order valence-electron chi connectivity index (χ0n) is 11.5. The van der Waals surface area contributed by atoms with Gasteiger partial charge >= 0.3 is 0 Å². The summed E-state index contributed by atoms with van der Waals surface area (Å²) in [4.78, 5) is 20.0. The fraction of sp³-hybridized carbons (Fsp3) is 0.667. The minimum atomic E-state index is -0.305. The van der Waals surface area contributed by atoms with Crippen molar-refractivity contribution in [2.75, 3.05) is 31.7 Å². The summed E-state index contributed by atoms with van der Waals surface area (Å²) in [7, 11) is 4.03. The van der Waals surface area contributed by atoms with Gasteiger partial charge in [0.1, 0.15) is 5.69 Å². The van der Waals surface area contributed by atoms with Crippen LogP contribution in [-0.2, 0) is 0 Å². The Morgan fingerprint density at radius 1 is 1.50 bits per heavy atom. The van der Waals surface area contributed by atoms with Crippen LogP contribution in [0.25, 0.3) is 0 Å². The van der Waals surface area contributed by atoms with Crippen molar-refractivity contribution >= 4 is 11.5 Å². The third kappa shape index (κ3) is 4.37. The Morgan fingerprint density at radius 2 is 2.17 bits per heavy atom. The first-order chi connectivity index (χ1) is 8.40. The molecular formula is C12H23N5O. The van der Waals surface area contributed by atoms with Gasteiger partial charge in [-0.3, -0.25) is 4.79 Å². The fourth-order valence-electron chi connectivity index (χ4n) is 1.91. The number of anilines is 2. The maximum Gasteiger partial charge on any atom is 0.276 e. The summed E-state index contributed by atoms with van der Waals surface area (Å²) >= 11 is 0. The smallest absolute Gasteiger partial charge is 0.276 e. The second kappa shape index (κ2) is 6.39. The lowest BCUT2D eigenvalue weighted by Crippen LogP contribution is -2.34. The number of hydrogen-bond donors (Lipinski definition) is 3. The van der Waals surface area contributed by atoms with E-state index >= 15 is 0 Å². The predicted molar refractivity (Wildman–Crippen MR) is 74.7 cm³/mol. The molecule has 0 aliphatic carbocycles. The van der Waals surface area contributed by atoms with Gasteiger partial charge in [-0.2, -0.15) is 0 Å². The number of H-pyrrole nitrogens is 1. The summed E-state index contributed by atoms with van der Waals surface area (Å²) in [6, 6.07) is 0.219. The van der Waals surface area contributed by atoms with Crippen molar-refractivity contribution < 1.29 is 0 Å². The van der Waals surface area contributed by atoms with Gasteiger partial charge in [-0.15, -0.1) is 0 Å². The molecule has 0 saturated carbocycles. The largest absolute Gasteiger partial charge is 0.391 e. The Morgan fingerprint density at radius 3 is 2.72 bits per heavy atom. The molecule has 1 unspecified atom stereocenters. The van der Waals surface area contributed by atoms with E-state index in [1.807, 2.05) is 14.1 Å².